The number of non-ortho nitro benzene ring substituents is 1. The minimum atomic E-state index is -0.376. The first-order valence-corrected chi connectivity index (χ1v) is 9.72. The Bertz CT molecular complexity index is 1210. The van der Waals surface area contributed by atoms with Gasteiger partial charge in [-0.3, -0.25) is 10.1 Å². The lowest BCUT2D eigenvalue weighted by Crippen LogP contribution is -2.08. The quantitative estimate of drug-likeness (QED) is 0.383. The molecule has 0 bridgehead atoms. The number of nitro benzene ring substituents is 1. The van der Waals surface area contributed by atoms with E-state index in [0.29, 0.717) is 11.4 Å². The third kappa shape index (κ3) is 2.95. The number of rotatable bonds is 3. The van der Waals surface area contributed by atoms with Crippen LogP contribution in [-0.2, 0) is 6.42 Å². The molecule has 5 rings (SSSR count). The van der Waals surface area contributed by atoms with Gasteiger partial charge in [-0.25, -0.2) is 4.68 Å². The van der Waals surface area contributed by atoms with Crippen LogP contribution in [0.2, 0.25) is 0 Å². The summed E-state index contributed by atoms with van der Waals surface area (Å²) < 4.78 is 7.89. The highest BCUT2D eigenvalue weighted by molar-refractivity contribution is 5.83. The smallest absolute Gasteiger partial charge is 0.271 e. The van der Waals surface area contributed by atoms with Crippen molar-refractivity contribution < 1.29 is 9.34 Å². The van der Waals surface area contributed by atoms with E-state index >= 15 is 0 Å². The number of hydrogen-bond acceptors (Lipinski definition) is 5. The van der Waals surface area contributed by atoms with E-state index in [-0.39, 0.29) is 10.6 Å². The molecule has 0 fully saturated rings. The summed E-state index contributed by atoms with van der Waals surface area (Å²) in [5.74, 6) is 1.61. The van der Waals surface area contributed by atoms with Gasteiger partial charge >= 0.3 is 0 Å². The number of nitrogens with one attached hydrogen (secondary N) is 1. The van der Waals surface area contributed by atoms with Gasteiger partial charge in [-0.05, 0) is 43.9 Å². The average Bonchev–Trinajstić information content (AvgIpc) is 3.21. The van der Waals surface area contributed by atoms with Crippen molar-refractivity contribution in [2.75, 3.05) is 11.9 Å². The van der Waals surface area contributed by atoms with Crippen molar-refractivity contribution in [3.05, 3.63) is 69.8 Å². The molecule has 1 N–H and O–H groups in total. The highest BCUT2D eigenvalue weighted by atomic mass is 16.6. The second-order valence-electron chi connectivity index (χ2n) is 7.35. The number of aromatic nitrogens is 2. The van der Waals surface area contributed by atoms with E-state index in [1.165, 1.54) is 6.07 Å². The highest BCUT2D eigenvalue weighted by Gasteiger charge is 2.25. The average molecular weight is 388 g/mol. The molecule has 0 amide bonds. The number of furan rings is 1. The van der Waals surface area contributed by atoms with Crippen LogP contribution in [0.1, 0.15) is 24.0 Å². The molecule has 1 aliphatic rings. The maximum Gasteiger partial charge on any atom is 0.271 e. The molecule has 0 radical (unpaired) electrons. The Labute approximate surface area is 167 Å². The fraction of sp³-hybridized carbons (Fsp3) is 0.227. The van der Waals surface area contributed by atoms with E-state index in [9.17, 15) is 10.1 Å². The molecule has 0 spiro atoms. The summed E-state index contributed by atoms with van der Waals surface area (Å²) in [7, 11) is 0. The lowest BCUT2D eigenvalue weighted by Gasteiger charge is -2.11. The fourth-order valence-electron chi connectivity index (χ4n) is 3.91. The molecule has 2 aromatic carbocycles. The Balaban J connectivity index is 1.73. The molecule has 1 aliphatic heterocycles. The van der Waals surface area contributed by atoms with E-state index in [0.717, 1.165) is 59.4 Å². The van der Waals surface area contributed by atoms with Crippen LogP contribution in [0, 0.1) is 17.0 Å². The van der Waals surface area contributed by atoms with E-state index in [1.807, 2.05) is 37.3 Å². The highest BCUT2D eigenvalue weighted by Crippen LogP contribution is 2.37. The maximum atomic E-state index is 11.3. The van der Waals surface area contributed by atoms with Crippen molar-refractivity contribution >= 4 is 22.5 Å². The molecule has 7 heteroatoms. The van der Waals surface area contributed by atoms with Crippen molar-refractivity contribution in [2.24, 2.45) is 0 Å². The van der Waals surface area contributed by atoms with Crippen LogP contribution < -0.4 is 5.32 Å². The first-order valence-electron chi connectivity index (χ1n) is 9.72. The third-order valence-corrected chi connectivity index (χ3v) is 5.42. The molecule has 0 unspecified atom stereocenters. The molecular weight excluding hydrogens is 368 g/mol. The van der Waals surface area contributed by atoms with Crippen molar-refractivity contribution in [1.29, 1.82) is 0 Å². The molecule has 7 nitrogen and oxygen atoms in total. The lowest BCUT2D eigenvalue weighted by molar-refractivity contribution is -0.384. The minimum absolute atomic E-state index is 0.0498. The monoisotopic (exact) mass is 388 g/mol. The summed E-state index contributed by atoms with van der Waals surface area (Å²) in [5.41, 5.74) is 4.37. The second kappa shape index (κ2) is 6.77. The lowest BCUT2D eigenvalue weighted by atomic mass is 10.1. The zero-order valence-corrected chi connectivity index (χ0v) is 16.0. The molecule has 29 heavy (non-hydrogen) atoms. The summed E-state index contributed by atoms with van der Waals surface area (Å²) in [4.78, 5) is 10.9. The molecule has 4 aromatic rings. The van der Waals surface area contributed by atoms with Crippen molar-refractivity contribution in [3.8, 4) is 17.1 Å². The topological polar surface area (TPSA) is 86.1 Å². The van der Waals surface area contributed by atoms with Gasteiger partial charge in [-0.2, -0.15) is 5.10 Å². The summed E-state index contributed by atoms with van der Waals surface area (Å²) in [5, 5.41) is 20.7. The Morgan fingerprint density at radius 3 is 2.86 bits per heavy atom. The van der Waals surface area contributed by atoms with Crippen molar-refractivity contribution in [3.63, 3.8) is 0 Å². The summed E-state index contributed by atoms with van der Waals surface area (Å²) in [6.07, 6.45) is 2.98. The Hall–Kier alpha value is -3.61. The van der Waals surface area contributed by atoms with Gasteiger partial charge in [-0.1, -0.05) is 24.3 Å². The number of benzene rings is 2. The standard InChI is InChI=1S/C22H20N4O3/c1-14-9-10-16(26(27)28)13-18(14)25-22-17(7-4-5-11-23-22)21(24-25)20-12-15-6-2-3-8-19(15)29-20/h2-3,6,8-10,12-13,23H,4-5,7,11H2,1H3. The Morgan fingerprint density at radius 2 is 2.03 bits per heavy atom. The summed E-state index contributed by atoms with van der Waals surface area (Å²) in [6, 6.07) is 14.8. The van der Waals surface area contributed by atoms with Crippen LogP contribution in [0.3, 0.4) is 0 Å². The molecule has 0 saturated carbocycles. The van der Waals surface area contributed by atoms with Gasteiger partial charge in [0.2, 0.25) is 0 Å². The predicted molar refractivity (Wildman–Crippen MR) is 112 cm³/mol. The van der Waals surface area contributed by atoms with E-state index in [4.69, 9.17) is 9.52 Å². The molecule has 3 heterocycles. The zero-order valence-electron chi connectivity index (χ0n) is 16.0. The largest absolute Gasteiger partial charge is 0.454 e. The molecule has 2 aromatic heterocycles. The molecule has 146 valence electrons. The Kier molecular flexibility index (Phi) is 4.08. The van der Waals surface area contributed by atoms with E-state index in [2.05, 4.69) is 5.32 Å². The SMILES string of the molecule is Cc1ccc([N+](=O)[O-])cc1-n1nc(-c2cc3ccccc3o2)c2c1NCCCC2. The number of aryl methyl sites for hydroxylation is 1. The number of nitrogens with zero attached hydrogens (tertiary/aromatic N) is 3. The van der Waals surface area contributed by atoms with Crippen LogP contribution >= 0.6 is 0 Å². The predicted octanol–water partition coefficient (Wildman–Crippen LogP) is 5.25. The van der Waals surface area contributed by atoms with Gasteiger partial charge < -0.3 is 9.73 Å². The van der Waals surface area contributed by atoms with Crippen LogP contribution in [0.15, 0.2) is 52.9 Å². The van der Waals surface area contributed by atoms with E-state index in [1.54, 1.807) is 16.8 Å². The van der Waals surface area contributed by atoms with Crippen LogP contribution in [0.5, 0.6) is 0 Å². The summed E-state index contributed by atoms with van der Waals surface area (Å²) >= 11 is 0. The second-order valence-corrected chi connectivity index (χ2v) is 7.35. The van der Waals surface area contributed by atoms with Gasteiger partial charge in [0.25, 0.3) is 5.69 Å². The number of para-hydroxylation sites is 1. The molecule has 0 saturated heterocycles. The number of anilines is 1. The third-order valence-electron chi connectivity index (χ3n) is 5.42. The summed E-state index contributed by atoms with van der Waals surface area (Å²) in [6.45, 7) is 2.77. The Morgan fingerprint density at radius 1 is 1.17 bits per heavy atom. The fourth-order valence-corrected chi connectivity index (χ4v) is 3.91. The molecule has 0 aliphatic carbocycles. The van der Waals surface area contributed by atoms with Gasteiger partial charge in [0, 0.05) is 29.6 Å². The van der Waals surface area contributed by atoms with Gasteiger partial charge in [0.15, 0.2) is 5.76 Å². The van der Waals surface area contributed by atoms with Crippen LogP contribution in [0.25, 0.3) is 28.1 Å². The first kappa shape index (κ1) is 17.5. The van der Waals surface area contributed by atoms with Crippen LogP contribution in [-0.4, -0.2) is 21.2 Å². The molecular formula is C22H20N4O3. The van der Waals surface area contributed by atoms with Gasteiger partial charge in [0.05, 0.1) is 10.6 Å². The van der Waals surface area contributed by atoms with Crippen LogP contribution in [0.4, 0.5) is 11.5 Å². The number of hydrogen-bond donors (Lipinski definition) is 1. The molecule has 0 atom stereocenters. The number of nitro groups is 1. The van der Waals surface area contributed by atoms with Crippen molar-refractivity contribution in [2.45, 2.75) is 26.2 Å². The normalized spacial score (nSPS) is 13.7. The maximum absolute atomic E-state index is 11.3. The first-order chi connectivity index (χ1) is 14.1. The minimum Gasteiger partial charge on any atom is -0.454 e. The zero-order chi connectivity index (χ0) is 20.0. The van der Waals surface area contributed by atoms with Gasteiger partial charge in [0.1, 0.15) is 17.1 Å². The van der Waals surface area contributed by atoms with Gasteiger partial charge in [-0.15, -0.1) is 0 Å². The van der Waals surface area contributed by atoms with Crippen molar-refractivity contribution in [1.82, 2.24) is 9.78 Å². The van der Waals surface area contributed by atoms with E-state index < -0.39 is 0 Å². The number of fused-ring (bicyclic) bond motifs is 2.